The number of hydrogen-bond donors (Lipinski definition) is 6. The van der Waals surface area contributed by atoms with E-state index in [9.17, 15) is 14.4 Å². The second kappa shape index (κ2) is 13.7. The predicted octanol–water partition coefficient (Wildman–Crippen LogP) is 1.38. The van der Waals surface area contributed by atoms with Crippen LogP contribution in [0.5, 0.6) is 0 Å². The zero-order valence-corrected chi connectivity index (χ0v) is 20.7. The summed E-state index contributed by atoms with van der Waals surface area (Å²) in [5.41, 5.74) is 13.3. The Morgan fingerprint density at radius 1 is 0.892 bits per heavy atom. The average Bonchev–Trinajstić information content (AvgIpc) is 2.90. The highest BCUT2D eigenvalue weighted by Gasteiger charge is 2.26. The van der Waals surface area contributed by atoms with E-state index in [4.69, 9.17) is 16.9 Å². The number of rotatable bonds is 13. The number of carbonyl (C=O) groups excluding carboxylic acids is 3. The second-order valence-electron chi connectivity index (χ2n) is 8.93. The lowest BCUT2D eigenvalue weighted by molar-refractivity contribution is -0.130. The van der Waals surface area contributed by atoms with Crippen molar-refractivity contribution >= 4 is 34.8 Å². The molecule has 0 radical (unpaired) electrons. The molecule has 3 rings (SSSR count). The van der Waals surface area contributed by atoms with E-state index in [0.29, 0.717) is 32.1 Å². The first-order chi connectivity index (χ1) is 17.9. The van der Waals surface area contributed by atoms with Crippen molar-refractivity contribution in [1.82, 2.24) is 16.0 Å². The van der Waals surface area contributed by atoms with E-state index in [2.05, 4.69) is 16.0 Å². The summed E-state index contributed by atoms with van der Waals surface area (Å²) < 4.78 is 0. The van der Waals surface area contributed by atoms with E-state index in [1.165, 1.54) is 0 Å². The summed E-state index contributed by atoms with van der Waals surface area (Å²) in [4.78, 5) is 38.0. The maximum atomic E-state index is 13.3. The fourth-order valence-electron chi connectivity index (χ4n) is 4.14. The molecule has 0 aromatic heterocycles. The lowest BCUT2D eigenvalue weighted by Gasteiger charge is -2.23. The molecule has 9 nitrogen and oxygen atoms in total. The molecule has 0 heterocycles. The maximum absolute atomic E-state index is 13.3. The van der Waals surface area contributed by atoms with Gasteiger partial charge < -0.3 is 32.2 Å². The second-order valence-corrected chi connectivity index (χ2v) is 8.93. The van der Waals surface area contributed by atoms with Crippen LogP contribution < -0.4 is 27.4 Å². The molecule has 0 aliphatic rings. The summed E-state index contributed by atoms with van der Waals surface area (Å²) >= 11 is 0. The molecule has 37 heavy (non-hydrogen) atoms. The Morgan fingerprint density at radius 3 is 2.32 bits per heavy atom. The molecule has 0 spiro atoms. The van der Waals surface area contributed by atoms with Crippen LogP contribution in [0.15, 0.2) is 72.8 Å². The van der Waals surface area contributed by atoms with Gasteiger partial charge in [0.1, 0.15) is 12.3 Å². The molecule has 0 aliphatic heterocycles. The maximum Gasteiger partial charge on any atom is 0.243 e. The van der Waals surface area contributed by atoms with Crippen molar-refractivity contribution < 1.29 is 14.4 Å². The van der Waals surface area contributed by atoms with Crippen LogP contribution in [0, 0.1) is 5.41 Å². The van der Waals surface area contributed by atoms with Gasteiger partial charge in [-0.15, -0.1) is 0 Å². The highest BCUT2D eigenvalue weighted by Crippen LogP contribution is 2.20. The number of nitrogens with one attached hydrogen (secondary N) is 4. The molecule has 0 aliphatic carbocycles. The molecule has 0 unspecified atom stereocenters. The smallest absolute Gasteiger partial charge is 0.243 e. The zero-order valence-electron chi connectivity index (χ0n) is 20.7. The number of nitrogens with two attached hydrogens (primary N) is 2. The van der Waals surface area contributed by atoms with Crippen LogP contribution in [0.25, 0.3) is 10.8 Å². The third-order valence-electron chi connectivity index (χ3n) is 6.07. The fraction of sp³-hybridized carbons (Fsp3) is 0.286. The van der Waals surface area contributed by atoms with Gasteiger partial charge in [0.05, 0.1) is 12.1 Å². The number of amides is 2. The molecule has 3 aromatic carbocycles. The van der Waals surface area contributed by atoms with Gasteiger partial charge in [-0.25, -0.2) is 0 Å². The number of guanidine groups is 1. The third kappa shape index (κ3) is 8.43. The van der Waals surface area contributed by atoms with Crippen LogP contribution >= 0.6 is 0 Å². The van der Waals surface area contributed by atoms with Crippen molar-refractivity contribution in [2.75, 3.05) is 6.54 Å². The van der Waals surface area contributed by atoms with E-state index < -0.39 is 29.9 Å². The van der Waals surface area contributed by atoms with E-state index in [-0.39, 0.29) is 12.4 Å². The van der Waals surface area contributed by atoms with Crippen molar-refractivity contribution in [3.8, 4) is 0 Å². The molecule has 0 fully saturated rings. The molecule has 0 saturated heterocycles. The Morgan fingerprint density at radius 2 is 1.59 bits per heavy atom. The van der Waals surface area contributed by atoms with E-state index in [0.717, 1.165) is 21.9 Å². The Balaban J connectivity index is 1.75. The largest absolute Gasteiger partial charge is 0.370 e. The average molecular weight is 503 g/mol. The van der Waals surface area contributed by atoms with Crippen molar-refractivity contribution in [2.45, 2.75) is 43.8 Å². The van der Waals surface area contributed by atoms with Crippen LogP contribution in [0.2, 0.25) is 0 Å². The monoisotopic (exact) mass is 502 g/mol. The Kier molecular flexibility index (Phi) is 10.2. The standard InChI is InChI=1S/C28H34N6O3/c29-24(16-19-8-2-1-3-9-19)26(36)34-25(17-21-12-6-11-20-10-4-5-14-23(20)21)27(37)33-22(18-35)13-7-15-32-28(30)31/h1-6,8-12,14,18,22,24-25H,7,13,15-17,29H2,(H,33,37)(H,34,36)(H4,30,31,32)/t22-,24+,25-/m0/s1. The van der Waals surface area contributed by atoms with E-state index >= 15 is 0 Å². The van der Waals surface area contributed by atoms with Gasteiger partial charge >= 0.3 is 0 Å². The van der Waals surface area contributed by atoms with Gasteiger partial charge in [-0.1, -0.05) is 72.8 Å². The highest BCUT2D eigenvalue weighted by molar-refractivity contribution is 5.92. The summed E-state index contributed by atoms with van der Waals surface area (Å²) in [6.45, 7) is 0.403. The number of aldehydes is 1. The molecule has 9 heteroatoms. The Hall–Kier alpha value is -4.24. The van der Waals surface area contributed by atoms with Crippen LogP contribution in [-0.2, 0) is 27.2 Å². The lowest BCUT2D eigenvalue weighted by atomic mass is 9.97. The number of benzene rings is 3. The van der Waals surface area contributed by atoms with Crippen LogP contribution in [0.4, 0.5) is 0 Å². The molecular weight excluding hydrogens is 468 g/mol. The zero-order chi connectivity index (χ0) is 26.6. The van der Waals surface area contributed by atoms with Crippen LogP contribution in [0.1, 0.15) is 24.0 Å². The van der Waals surface area contributed by atoms with Gasteiger partial charge in [-0.05, 0) is 41.2 Å². The third-order valence-corrected chi connectivity index (χ3v) is 6.07. The first-order valence-electron chi connectivity index (χ1n) is 12.3. The summed E-state index contributed by atoms with van der Waals surface area (Å²) in [6.07, 6.45) is 2.11. The van der Waals surface area contributed by atoms with Crippen LogP contribution in [-0.4, -0.2) is 48.7 Å². The number of hydrogen-bond acceptors (Lipinski definition) is 5. The minimum Gasteiger partial charge on any atom is -0.370 e. The quantitative estimate of drug-likeness (QED) is 0.0895. The molecular formula is C28H34N6O3. The SMILES string of the molecule is N=C(N)NCCC[C@@H](C=O)NC(=O)[C@H](Cc1cccc2ccccc12)NC(=O)[C@H](N)Cc1ccccc1. The molecule has 0 bridgehead atoms. The number of carbonyl (C=O) groups is 3. The van der Waals surface area contributed by atoms with Gasteiger partial charge in [0, 0.05) is 13.0 Å². The fourth-order valence-corrected chi connectivity index (χ4v) is 4.14. The summed E-state index contributed by atoms with van der Waals surface area (Å²) in [7, 11) is 0. The summed E-state index contributed by atoms with van der Waals surface area (Å²) in [6, 6.07) is 20.5. The number of fused-ring (bicyclic) bond motifs is 1. The van der Waals surface area contributed by atoms with E-state index in [1.807, 2.05) is 72.8 Å². The minimum atomic E-state index is -0.932. The molecule has 0 saturated carbocycles. The van der Waals surface area contributed by atoms with Crippen molar-refractivity contribution in [3.63, 3.8) is 0 Å². The van der Waals surface area contributed by atoms with Crippen molar-refractivity contribution in [1.29, 1.82) is 5.41 Å². The Bertz CT molecular complexity index is 1210. The highest BCUT2D eigenvalue weighted by atomic mass is 16.2. The predicted molar refractivity (Wildman–Crippen MR) is 145 cm³/mol. The molecule has 2 amide bonds. The molecule has 3 atom stereocenters. The lowest BCUT2D eigenvalue weighted by Crippen LogP contribution is -2.54. The van der Waals surface area contributed by atoms with Gasteiger partial charge in [-0.2, -0.15) is 0 Å². The van der Waals surface area contributed by atoms with Gasteiger partial charge in [-0.3, -0.25) is 15.0 Å². The molecule has 3 aromatic rings. The molecule has 194 valence electrons. The van der Waals surface area contributed by atoms with Crippen molar-refractivity contribution in [3.05, 3.63) is 83.9 Å². The molecule has 8 N–H and O–H groups in total. The van der Waals surface area contributed by atoms with Gasteiger partial charge in [0.15, 0.2) is 5.96 Å². The Labute approximate surface area is 216 Å². The first-order valence-corrected chi connectivity index (χ1v) is 12.3. The normalized spacial score (nSPS) is 13.2. The van der Waals surface area contributed by atoms with E-state index in [1.54, 1.807) is 0 Å². The first kappa shape index (κ1) is 27.3. The van der Waals surface area contributed by atoms with Gasteiger partial charge in [0.25, 0.3) is 0 Å². The van der Waals surface area contributed by atoms with Crippen molar-refractivity contribution in [2.24, 2.45) is 11.5 Å². The minimum absolute atomic E-state index is 0.156. The van der Waals surface area contributed by atoms with Gasteiger partial charge in [0.2, 0.25) is 11.8 Å². The summed E-state index contributed by atoms with van der Waals surface area (Å²) in [5.74, 6) is -1.07. The van der Waals surface area contributed by atoms with Crippen LogP contribution in [0.3, 0.4) is 0 Å². The summed E-state index contributed by atoms with van der Waals surface area (Å²) in [5, 5.41) is 17.4. The topological polar surface area (TPSA) is 163 Å².